The second-order valence-electron chi connectivity index (χ2n) is 3.61. The first-order chi connectivity index (χ1) is 8.06. The van der Waals surface area contributed by atoms with E-state index in [4.69, 9.17) is 0 Å². The second kappa shape index (κ2) is 5.14. The maximum atomic E-state index is 13.4. The van der Waals surface area contributed by atoms with E-state index in [0.29, 0.717) is 12.2 Å². The molecular weight excluding hydrogens is 308 g/mol. The van der Waals surface area contributed by atoms with E-state index in [1.165, 1.54) is 10.9 Å². The minimum absolute atomic E-state index is 0.253. The fraction of sp³-hybridized carbons (Fsp3) is 0.167. The van der Waals surface area contributed by atoms with Gasteiger partial charge in [0.05, 0.1) is 10.2 Å². The van der Waals surface area contributed by atoms with Gasteiger partial charge in [-0.05, 0) is 41.1 Å². The Morgan fingerprint density at radius 3 is 2.65 bits per heavy atom. The molecule has 0 amide bonds. The first-order valence-corrected chi connectivity index (χ1v) is 6.61. The third-order valence-electron chi connectivity index (χ3n) is 2.26. The highest BCUT2D eigenvalue weighted by molar-refractivity contribution is 9.10. The Kier molecular flexibility index (Phi) is 3.79. The van der Waals surface area contributed by atoms with E-state index in [1.54, 1.807) is 11.3 Å². The van der Waals surface area contributed by atoms with E-state index < -0.39 is 11.6 Å². The van der Waals surface area contributed by atoms with Gasteiger partial charge in [-0.25, -0.2) is 8.78 Å². The molecule has 0 aliphatic rings. The van der Waals surface area contributed by atoms with Crippen molar-refractivity contribution < 1.29 is 8.78 Å². The summed E-state index contributed by atoms with van der Waals surface area (Å²) in [4.78, 5) is 2.32. The molecule has 0 atom stereocenters. The van der Waals surface area contributed by atoms with Gasteiger partial charge in [0.2, 0.25) is 0 Å². The number of thiophene rings is 1. The Balaban J connectivity index is 2.11. The standard InChI is InChI=1S/C12H10BrF2NS/c1-7-2-3-8(17-7)6-16-12-4-9(13)10(14)5-11(12)15/h2-5,16H,6H2,1H3. The molecular formula is C12H10BrF2NS. The summed E-state index contributed by atoms with van der Waals surface area (Å²) < 4.78 is 26.7. The van der Waals surface area contributed by atoms with Gasteiger partial charge in [0.25, 0.3) is 0 Å². The summed E-state index contributed by atoms with van der Waals surface area (Å²) >= 11 is 4.68. The maximum absolute atomic E-state index is 13.4. The molecule has 2 aromatic rings. The molecule has 0 radical (unpaired) electrons. The van der Waals surface area contributed by atoms with Crippen LogP contribution in [0.4, 0.5) is 14.5 Å². The quantitative estimate of drug-likeness (QED) is 0.808. The highest BCUT2D eigenvalue weighted by Gasteiger charge is 2.08. The van der Waals surface area contributed by atoms with Crippen molar-refractivity contribution in [1.29, 1.82) is 0 Å². The lowest BCUT2D eigenvalue weighted by atomic mass is 10.3. The van der Waals surface area contributed by atoms with E-state index in [0.717, 1.165) is 10.9 Å². The monoisotopic (exact) mass is 317 g/mol. The Morgan fingerprint density at radius 2 is 2.00 bits per heavy atom. The lowest BCUT2D eigenvalue weighted by Gasteiger charge is -2.07. The molecule has 90 valence electrons. The summed E-state index contributed by atoms with van der Waals surface area (Å²) in [6.45, 7) is 2.55. The Morgan fingerprint density at radius 1 is 1.24 bits per heavy atom. The summed E-state index contributed by atoms with van der Waals surface area (Å²) in [6.07, 6.45) is 0. The fourth-order valence-electron chi connectivity index (χ4n) is 1.42. The summed E-state index contributed by atoms with van der Waals surface area (Å²) in [7, 11) is 0. The van der Waals surface area contributed by atoms with Crippen LogP contribution in [-0.2, 0) is 6.54 Å². The molecule has 0 aliphatic heterocycles. The Hall–Kier alpha value is -0.940. The van der Waals surface area contributed by atoms with Crippen LogP contribution in [0, 0.1) is 18.6 Å². The predicted octanol–water partition coefficient (Wildman–Crippen LogP) is 4.71. The normalized spacial score (nSPS) is 10.6. The van der Waals surface area contributed by atoms with Gasteiger partial charge in [-0.15, -0.1) is 11.3 Å². The smallest absolute Gasteiger partial charge is 0.149 e. The van der Waals surface area contributed by atoms with Crippen molar-refractivity contribution in [3.8, 4) is 0 Å². The molecule has 1 nitrogen and oxygen atoms in total. The highest BCUT2D eigenvalue weighted by Crippen LogP contribution is 2.25. The Labute approximate surface area is 111 Å². The van der Waals surface area contributed by atoms with Gasteiger partial charge in [0, 0.05) is 22.4 Å². The summed E-state index contributed by atoms with van der Waals surface area (Å²) in [6, 6.07) is 6.28. The highest BCUT2D eigenvalue weighted by atomic mass is 79.9. The molecule has 1 N–H and O–H groups in total. The number of halogens is 3. The van der Waals surface area contributed by atoms with Crippen molar-refractivity contribution in [2.45, 2.75) is 13.5 Å². The van der Waals surface area contributed by atoms with Crippen molar-refractivity contribution in [3.05, 3.63) is 50.1 Å². The van der Waals surface area contributed by atoms with Gasteiger partial charge < -0.3 is 5.32 Å². The van der Waals surface area contributed by atoms with Crippen molar-refractivity contribution in [1.82, 2.24) is 0 Å². The molecule has 0 aliphatic carbocycles. The van der Waals surface area contributed by atoms with Crippen LogP contribution in [0.2, 0.25) is 0 Å². The number of anilines is 1. The molecule has 2 rings (SSSR count). The summed E-state index contributed by atoms with van der Waals surface area (Å²) in [5, 5.41) is 2.95. The second-order valence-corrected chi connectivity index (χ2v) is 5.84. The van der Waals surface area contributed by atoms with Crippen LogP contribution in [0.3, 0.4) is 0 Å². The van der Waals surface area contributed by atoms with E-state index in [-0.39, 0.29) is 4.47 Å². The molecule has 1 aromatic carbocycles. The first kappa shape index (κ1) is 12.5. The number of benzene rings is 1. The van der Waals surface area contributed by atoms with Crippen molar-refractivity contribution in [3.63, 3.8) is 0 Å². The minimum atomic E-state index is -0.597. The molecule has 0 bridgehead atoms. The molecule has 1 heterocycles. The lowest BCUT2D eigenvalue weighted by molar-refractivity contribution is 0.580. The molecule has 1 aromatic heterocycles. The SMILES string of the molecule is Cc1ccc(CNc2cc(Br)c(F)cc2F)s1. The molecule has 0 spiro atoms. The topological polar surface area (TPSA) is 12.0 Å². The van der Waals surface area contributed by atoms with Crippen molar-refractivity contribution >= 4 is 33.0 Å². The van der Waals surface area contributed by atoms with Crippen LogP contribution < -0.4 is 5.32 Å². The van der Waals surface area contributed by atoms with Crippen LogP contribution in [0.1, 0.15) is 9.75 Å². The zero-order chi connectivity index (χ0) is 12.4. The average Bonchev–Trinajstić information content (AvgIpc) is 2.68. The largest absolute Gasteiger partial charge is 0.378 e. The van der Waals surface area contributed by atoms with E-state index in [9.17, 15) is 8.78 Å². The molecule has 0 saturated carbocycles. The third-order valence-corrected chi connectivity index (χ3v) is 3.87. The van der Waals surface area contributed by atoms with Crippen LogP contribution in [0.5, 0.6) is 0 Å². The first-order valence-electron chi connectivity index (χ1n) is 5.00. The molecule has 0 fully saturated rings. The molecule has 0 saturated heterocycles. The van der Waals surface area contributed by atoms with Gasteiger partial charge in [0.15, 0.2) is 0 Å². The molecule has 5 heteroatoms. The predicted molar refractivity (Wildman–Crippen MR) is 70.4 cm³/mol. The van der Waals surface area contributed by atoms with Crippen molar-refractivity contribution in [2.24, 2.45) is 0 Å². The van der Waals surface area contributed by atoms with Crippen molar-refractivity contribution in [2.75, 3.05) is 5.32 Å². The molecule has 0 unspecified atom stereocenters. The average molecular weight is 318 g/mol. The van der Waals surface area contributed by atoms with Gasteiger partial charge in [0.1, 0.15) is 11.6 Å². The number of nitrogens with one attached hydrogen (secondary N) is 1. The number of rotatable bonds is 3. The van der Waals surface area contributed by atoms with Gasteiger partial charge >= 0.3 is 0 Å². The van der Waals surface area contributed by atoms with Gasteiger partial charge in [-0.3, -0.25) is 0 Å². The number of aryl methyl sites for hydroxylation is 1. The zero-order valence-corrected chi connectivity index (χ0v) is 11.5. The van der Waals surface area contributed by atoms with E-state index >= 15 is 0 Å². The Bertz CT molecular complexity index is 539. The van der Waals surface area contributed by atoms with Crippen LogP contribution in [0.15, 0.2) is 28.7 Å². The number of hydrogen-bond donors (Lipinski definition) is 1. The number of hydrogen-bond acceptors (Lipinski definition) is 2. The van der Waals surface area contributed by atoms with Crippen LogP contribution in [-0.4, -0.2) is 0 Å². The van der Waals surface area contributed by atoms with Gasteiger partial charge in [-0.1, -0.05) is 0 Å². The minimum Gasteiger partial charge on any atom is -0.378 e. The summed E-state index contributed by atoms with van der Waals surface area (Å²) in [5.41, 5.74) is 0.296. The van der Waals surface area contributed by atoms with Crippen LogP contribution >= 0.6 is 27.3 Å². The summed E-state index contributed by atoms with van der Waals surface area (Å²) in [5.74, 6) is -1.18. The van der Waals surface area contributed by atoms with Crippen LogP contribution in [0.25, 0.3) is 0 Å². The third kappa shape index (κ3) is 3.04. The van der Waals surface area contributed by atoms with Gasteiger partial charge in [-0.2, -0.15) is 0 Å². The maximum Gasteiger partial charge on any atom is 0.149 e. The zero-order valence-electron chi connectivity index (χ0n) is 9.06. The molecule has 17 heavy (non-hydrogen) atoms. The van der Waals surface area contributed by atoms with E-state index in [1.807, 2.05) is 19.1 Å². The lowest BCUT2D eigenvalue weighted by Crippen LogP contribution is -2.00. The van der Waals surface area contributed by atoms with E-state index in [2.05, 4.69) is 21.2 Å². The fourth-order valence-corrected chi connectivity index (χ4v) is 2.59.